The van der Waals surface area contributed by atoms with Crippen LogP contribution in [0.2, 0.25) is 0 Å². The van der Waals surface area contributed by atoms with Crippen LogP contribution in [-0.4, -0.2) is 62.7 Å². The molecule has 0 aromatic heterocycles. The second-order valence-corrected chi connectivity index (χ2v) is 16.6. The van der Waals surface area contributed by atoms with Crippen LogP contribution in [-0.2, 0) is 82.3 Å². The van der Waals surface area contributed by atoms with Gasteiger partial charge in [-0.1, -0.05) is 195 Å². The predicted octanol–water partition coefficient (Wildman–Crippen LogP) is 11.4. The summed E-state index contributed by atoms with van der Waals surface area (Å²) in [7, 11) is 1.63. The fraction of sp³-hybridized carbons (Fsp3) is 0.310. The Labute approximate surface area is 396 Å². The minimum absolute atomic E-state index is 0.191. The van der Waals surface area contributed by atoms with Crippen molar-refractivity contribution in [1.29, 1.82) is 0 Å². The SMILES string of the molecule is C=C[C@H](OCc1ccccc1)[C@@H](OCc1ccccc1)[C@@H](COCc1ccccc1)OC(=C)CC[C@H]1O[C@H](OC)[C@@H](OCc2ccccc2)[C@@H](OCc2ccccc2)[C@@H]1OCc1ccccc1. The zero-order valence-corrected chi connectivity index (χ0v) is 38.5. The zero-order chi connectivity index (χ0) is 46.3. The Morgan fingerprint density at radius 3 is 1.37 bits per heavy atom. The monoisotopic (exact) mass is 904 g/mol. The molecule has 0 N–H and O–H groups in total. The van der Waals surface area contributed by atoms with Gasteiger partial charge >= 0.3 is 0 Å². The first-order valence-corrected chi connectivity index (χ1v) is 23.1. The predicted molar refractivity (Wildman–Crippen MR) is 260 cm³/mol. The van der Waals surface area contributed by atoms with Gasteiger partial charge in [-0.3, -0.25) is 0 Å². The van der Waals surface area contributed by atoms with Crippen molar-refractivity contribution in [3.05, 3.63) is 240 Å². The molecule has 0 saturated carbocycles. The lowest BCUT2D eigenvalue weighted by Gasteiger charge is -2.46. The molecule has 1 heterocycles. The van der Waals surface area contributed by atoms with E-state index in [4.69, 9.17) is 42.6 Å². The molecule has 8 atom stereocenters. The van der Waals surface area contributed by atoms with Gasteiger partial charge in [0, 0.05) is 13.5 Å². The Hall–Kier alpha value is -5.72. The molecule has 1 fully saturated rings. The number of rotatable bonds is 28. The van der Waals surface area contributed by atoms with Gasteiger partial charge in [-0.15, -0.1) is 6.58 Å². The van der Waals surface area contributed by atoms with Crippen LogP contribution in [0.15, 0.2) is 207 Å². The van der Waals surface area contributed by atoms with Crippen molar-refractivity contribution in [2.75, 3.05) is 13.7 Å². The molecule has 9 heteroatoms. The smallest absolute Gasteiger partial charge is 0.186 e. The highest BCUT2D eigenvalue weighted by Gasteiger charge is 2.48. The third-order valence-electron chi connectivity index (χ3n) is 11.6. The average molecular weight is 905 g/mol. The highest BCUT2D eigenvalue weighted by atomic mass is 16.7. The molecule has 0 radical (unpaired) electrons. The Bertz CT molecular complexity index is 2260. The number of benzene rings is 6. The maximum atomic E-state index is 6.87. The first-order valence-electron chi connectivity index (χ1n) is 23.1. The summed E-state index contributed by atoms with van der Waals surface area (Å²) in [5.41, 5.74) is 6.16. The molecule has 350 valence electrons. The van der Waals surface area contributed by atoms with Gasteiger partial charge in [0.05, 0.1) is 58.1 Å². The summed E-state index contributed by atoms with van der Waals surface area (Å²) in [6.07, 6.45) is -2.18. The van der Waals surface area contributed by atoms with E-state index in [0.717, 1.165) is 33.4 Å². The van der Waals surface area contributed by atoms with E-state index < -0.39 is 49.0 Å². The van der Waals surface area contributed by atoms with Gasteiger partial charge in [0.25, 0.3) is 0 Å². The lowest BCUT2D eigenvalue weighted by molar-refractivity contribution is -0.318. The Balaban J connectivity index is 1.13. The quantitative estimate of drug-likeness (QED) is 0.0353. The third-order valence-corrected chi connectivity index (χ3v) is 11.6. The lowest BCUT2D eigenvalue weighted by Crippen LogP contribution is -2.60. The number of methoxy groups -OCH3 is 1. The van der Waals surface area contributed by atoms with Crippen LogP contribution in [0.3, 0.4) is 0 Å². The van der Waals surface area contributed by atoms with Crippen molar-refractivity contribution in [2.24, 2.45) is 0 Å². The second-order valence-electron chi connectivity index (χ2n) is 16.6. The molecule has 0 amide bonds. The van der Waals surface area contributed by atoms with Crippen LogP contribution >= 0.6 is 0 Å². The van der Waals surface area contributed by atoms with Crippen molar-refractivity contribution in [3.63, 3.8) is 0 Å². The molecule has 67 heavy (non-hydrogen) atoms. The van der Waals surface area contributed by atoms with Crippen LogP contribution < -0.4 is 0 Å². The van der Waals surface area contributed by atoms with Crippen LogP contribution in [0.25, 0.3) is 0 Å². The second kappa shape index (κ2) is 27.2. The number of allylic oxidation sites excluding steroid dienone is 1. The normalized spacial score (nSPS) is 19.5. The molecular formula is C58H64O9. The minimum Gasteiger partial charge on any atom is -0.490 e. The fourth-order valence-corrected chi connectivity index (χ4v) is 8.05. The van der Waals surface area contributed by atoms with Gasteiger partial charge in [-0.2, -0.15) is 0 Å². The number of hydrogen-bond donors (Lipinski definition) is 0. The Morgan fingerprint density at radius 1 is 0.522 bits per heavy atom. The van der Waals surface area contributed by atoms with E-state index in [1.807, 2.05) is 182 Å². The van der Waals surface area contributed by atoms with E-state index >= 15 is 0 Å². The van der Waals surface area contributed by atoms with Crippen molar-refractivity contribution >= 4 is 0 Å². The summed E-state index contributed by atoms with van der Waals surface area (Å²) in [5, 5.41) is 0. The molecule has 0 spiro atoms. The summed E-state index contributed by atoms with van der Waals surface area (Å²) in [5.74, 6) is 0.524. The molecule has 6 aromatic carbocycles. The molecule has 9 nitrogen and oxygen atoms in total. The van der Waals surface area contributed by atoms with Crippen LogP contribution in [0.5, 0.6) is 0 Å². The molecule has 0 unspecified atom stereocenters. The van der Waals surface area contributed by atoms with Crippen molar-refractivity contribution in [1.82, 2.24) is 0 Å². The van der Waals surface area contributed by atoms with Crippen molar-refractivity contribution in [3.8, 4) is 0 Å². The maximum Gasteiger partial charge on any atom is 0.186 e. The fourth-order valence-electron chi connectivity index (χ4n) is 8.05. The lowest BCUT2D eigenvalue weighted by atomic mass is 9.94. The average Bonchev–Trinajstić information content (AvgIpc) is 3.38. The van der Waals surface area contributed by atoms with Crippen molar-refractivity contribution in [2.45, 2.75) is 102 Å². The van der Waals surface area contributed by atoms with E-state index in [0.29, 0.717) is 58.2 Å². The van der Waals surface area contributed by atoms with Gasteiger partial charge in [-0.05, 0) is 39.8 Å². The van der Waals surface area contributed by atoms with E-state index in [1.165, 1.54) is 0 Å². The van der Waals surface area contributed by atoms with E-state index in [1.54, 1.807) is 13.2 Å². The van der Waals surface area contributed by atoms with Gasteiger partial charge in [-0.25, -0.2) is 0 Å². The van der Waals surface area contributed by atoms with Gasteiger partial charge < -0.3 is 42.6 Å². The first-order chi connectivity index (χ1) is 33.1. The van der Waals surface area contributed by atoms with E-state index in [-0.39, 0.29) is 6.61 Å². The summed E-state index contributed by atoms with van der Waals surface area (Å²) in [6, 6.07) is 60.4. The highest BCUT2D eigenvalue weighted by Crippen LogP contribution is 2.34. The van der Waals surface area contributed by atoms with Crippen LogP contribution in [0, 0.1) is 0 Å². The third kappa shape index (κ3) is 15.7. The highest BCUT2D eigenvalue weighted by molar-refractivity contribution is 5.18. The standard InChI is InChI=1S/C58H64O9/c1-4-51(61-38-46-25-13-6-14-26-46)54(62-39-47-27-15-7-16-28-47)53(43-60-37-45-23-11-5-12-24-45)66-44(2)35-36-52-55(63-40-48-29-17-8-18-30-48)56(64-41-49-31-19-9-20-32-49)57(58(59-3)67-52)65-42-50-33-21-10-22-34-50/h4-34,51-58H,1-2,35-43H2,3H3/t51-,52+,53+,54+,55+,56-,57-,58-/m0/s1. The molecule has 7 rings (SSSR count). The largest absolute Gasteiger partial charge is 0.490 e. The molecule has 0 aliphatic carbocycles. The van der Waals surface area contributed by atoms with Gasteiger partial charge in [0.15, 0.2) is 12.4 Å². The van der Waals surface area contributed by atoms with E-state index in [9.17, 15) is 0 Å². The molecular weight excluding hydrogens is 841 g/mol. The maximum absolute atomic E-state index is 6.87. The molecule has 6 aromatic rings. The van der Waals surface area contributed by atoms with Gasteiger partial charge in [0.1, 0.15) is 30.5 Å². The molecule has 1 aliphatic heterocycles. The van der Waals surface area contributed by atoms with Crippen LogP contribution in [0.4, 0.5) is 0 Å². The van der Waals surface area contributed by atoms with Crippen LogP contribution in [0.1, 0.15) is 46.2 Å². The summed E-state index contributed by atoms with van der Waals surface area (Å²) in [4.78, 5) is 0. The molecule has 0 bridgehead atoms. The first kappa shape index (κ1) is 49.2. The Morgan fingerprint density at radius 2 is 0.925 bits per heavy atom. The Kier molecular flexibility index (Phi) is 20.0. The summed E-state index contributed by atoms with van der Waals surface area (Å²) in [6.45, 7) is 10.9. The molecule has 1 aliphatic rings. The van der Waals surface area contributed by atoms with E-state index in [2.05, 4.69) is 13.2 Å². The minimum atomic E-state index is -0.759. The van der Waals surface area contributed by atoms with Crippen molar-refractivity contribution < 1.29 is 42.6 Å². The summed E-state index contributed by atoms with van der Waals surface area (Å²) >= 11 is 0. The zero-order valence-electron chi connectivity index (χ0n) is 38.5. The molecule has 1 saturated heterocycles. The number of ether oxygens (including phenoxy) is 9. The van der Waals surface area contributed by atoms with Gasteiger partial charge in [0.2, 0.25) is 0 Å². The summed E-state index contributed by atoms with van der Waals surface area (Å²) < 4.78 is 59.9. The topological polar surface area (TPSA) is 83.1 Å². The number of hydrogen-bond acceptors (Lipinski definition) is 9.